The van der Waals surface area contributed by atoms with Crippen molar-refractivity contribution < 1.29 is 36.6 Å². The number of hydrogen-bond acceptors (Lipinski definition) is 6. The number of carbonyl (C=O) groups excluding carboxylic acids is 2. The van der Waals surface area contributed by atoms with Crippen LogP contribution in [0.1, 0.15) is 54.5 Å². The third-order valence-corrected chi connectivity index (χ3v) is 5.08. The summed E-state index contributed by atoms with van der Waals surface area (Å²) in [6.45, 7) is 1.69. The Morgan fingerprint density at radius 2 is 2.03 bits per heavy atom. The fourth-order valence-corrected chi connectivity index (χ4v) is 3.63. The van der Waals surface area contributed by atoms with E-state index in [0.717, 1.165) is 0 Å². The summed E-state index contributed by atoms with van der Waals surface area (Å²) in [7, 11) is 1.46. The van der Waals surface area contributed by atoms with Crippen LogP contribution >= 0.6 is 0 Å². The second-order valence-corrected chi connectivity index (χ2v) is 8.29. The smallest absolute Gasteiger partial charge is 0.411 e. The van der Waals surface area contributed by atoms with Gasteiger partial charge in [-0.1, -0.05) is 0 Å². The van der Waals surface area contributed by atoms with Crippen LogP contribution in [0.5, 0.6) is 0 Å². The minimum atomic E-state index is -4.46. The fraction of sp³-hybridized carbons (Fsp3) is 0.600. The summed E-state index contributed by atoms with van der Waals surface area (Å²) in [6.07, 6.45) is -6.72. The number of H-pyrrole nitrogens is 1. The minimum absolute atomic E-state index is 0.0732. The highest BCUT2D eigenvalue weighted by Gasteiger charge is 2.41. The van der Waals surface area contributed by atoms with Crippen molar-refractivity contribution in [3.63, 3.8) is 0 Å². The van der Waals surface area contributed by atoms with Gasteiger partial charge >= 0.3 is 12.3 Å². The largest absolute Gasteiger partial charge is 0.443 e. The molecule has 0 radical (unpaired) electrons. The lowest BCUT2D eigenvalue weighted by molar-refractivity contribution is -0.176. The number of amides is 2. The van der Waals surface area contributed by atoms with Gasteiger partial charge in [-0.2, -0.15) is 23.4 Å². The number of anilines is 1. The van der Waals surface area contributed by atoms with Crippen LogP contribution in [0.15, 0.2) is 12.1 Å². The normalized spacial score (nSPS) is 20.5. The molecule has 3 rings (SSSR count). The van der Waals surface area contributed by atoms with Gasteiger partial charge in [-0.3, -0.25) is 14.6 Å². The Hall–Kier alpha value is -3.16. The number of nitrogens with zero attached hydrogens (tertiary/aromatic N) is 3. The van der Waals surface area contributed by atoms with Crippen molar-refractivity contribution in [1.82, 2.24) is 25.3 Å². The summed E-state index contributed by atoms with van der Waals surface area (Å²) in [4.78, 5) is 24.3. The van der Waals surface area contributed by atoms with Crippen molar-refractivity contribution in [1.29, 1.82) is 0 Å². The van der Waals surface area contributed by atoms with Crippen molar-refractivity contribution in [2.45, 2.75) is 63.7 Å². The Balaban J connectivity index is 1.57. The maximum absolute atomic E-state index is 14.9. The van der Waals surface area contributed by atoms with E-state index in [-0.39, 0.29) is 23.2 Å². The summed E-state index contributed by atoms with van der Waals surface area (Å²) in [6, 6.07) is 2.65. The maximum Gasteiger partial charge on any atom is 0.411 e. The Labute approximate surface area is 192 Å². The molecule has 2 aromatic rings. The predicted octanol–water partition coefficient (Wildman–Crippen LogP) is 3.19. The number of nitrogens with one attached hydrogen (secondary N) is 3. The first-order valence-electron chi connectivity index (χ1n) is 10.6. The molecule has 3 atom stereocenters. The highest BCUT2D eigenvalue weighted by molar-refractivity contribution is 6.02. The second kappa shape index (κ2) is 10.4. The second-order valence-electron chi connectivity index (χ2n) is 8.29. The number of aryl methyl sites for hydroxylation is 1. The van der Waals surface area contributed by atoms with Gasteiger partial charge in [-0.15, -0.1) is 0 Å². The summed E-state index contributed by atoms with van der Waals surface area (Å²) in [5, 5.41) is 15.7. The molecule has 1 aliphatic carbocycles. The fourth-order valence-electron chi connectivity index (χ4n) is 3.63. The van der Waals surface area contributed by atoms with Crippen LogP contribution in [-0.4, -0.2) is 63.1 Å². The van der Waals surface area contributed by atoms with E-state index >= 15 is 0 Å². The van der Waals surface area contributed by atoms with Crippen LogP contribution < -0.4 is 10.6 Å². The molecule has 1 fully saturated rings. The van der Waals surface area contributed by atoms with Gasteiger partial charge in [0.25, 0.3) is 5.91 Å². The molecule has 2 heterocycles. The first kappa shape index (κ1) is 25.5. The Kier molecular flexibility index (Phi) is 7.79. The lowest BCUT2D eigenvalue weighted by Crippen LogP contribution is -2.36. The van der Waals surface area contributed by atoms with E-state index in [4.69, 9.17) is 4.74 Å². The number of alkyl carbamates (subject to hydrolysis) is 1. The van der Waals surface area contributed by atoms with Crippen molar-refractivity contribution in [2.24, 2.45) is 7.05 Å². The van der Waals surface area contributed by atoms with Crippen LogP contribution in [0.25, 0.3) is 0 Å². The van der Waals surface area contributed by atoms with Crippen molar-refractivity contribution in [3.8, 4) is 0 Å². The molecule has 188 valence electrons. The van der Waals surface area contributed by atoms with Gasteiger partial charge in [-0.25, -0.2) is 9.18 Å². The number of carbonyl (C=O) groups is 2. The highest BCUT2D eigenvalue weighted by atomic mass is 19.4. The SMILES string of the molecule is CC(C)NC(=O)O[C@@H]1CC[C@H](c2cc(NC(=O)c3cc(COCC(F)(F)F)nn3C)n[nH]2)[C@H]1F. The summed E-state index contributed by atoms with van der Waals surface area (Å²) in [5.74, 6) is -1.07. The Morgan fingerprint density at radius 3 is 2.71 bits per heavy atom. The number of halogens is 4. The lowest BCUT2D eigenvalue weighted by atomic mass is 10.0. The zero-order valence-corrected chi connectivity index (χ0v) is 18.8. The van der Waals surface area contributed by atoms with E-state index in [1.54, 1.807) is 13.8 Å². The number of aromatic amines is 1. The molecule has 34 heavy (non-hydrogen) atoms. The van der Waals surface area contributed by atoms with Crippen LogP contribution in [0, 0.1) is 0 Å². The molecule has 14 heteroatoms. The molecule has 2 aromatic heterocycles. The van der Waals surface area contributed by atoms with Gasteiger partial charge < -0.3 is 20.1 Å². The lowest BCUT2D eigenvalue weighted by Gasteiger charge is -2.18. The monoisotopic (exact) mass is 490 g/mol. The average molecular weight is 490 g/mol. The molecule has 10 nitrogen and oxygen atoms in total. The highest BCUT2D eigenvalue weighted by Crippen LogP contribution is 2.38. The van der Waals surface area contributed by atoms with Crippen LogP contribution in [0.4, 0.5) is 28.2 Å². The van der Waals surface area contributed by atoms with Gasteiger partial charge in [0, 0.05) is 30.8 Å². The molecule has 0 saturated heterocycles. The van der Waals surface area contributed by atoms with E-state index in [1.165, 1.54) is 23.9 Å². The number of aromatic nitrogens is 4. The first-order chi connectivity index (χ1) is 15.9. The van der Waals surface area contributed by atoms with E-state index in [1.807, 2.05) is 0 Å². The molecule has 1 aliphatic rings. The van der Waals surface area contributed by atoms with E-state index in [0.29, 0.717) is 18.5 Å². The summed E-state index contributed by atoms with van der Waals surface area (Å²) < 4.78 is 62.4. The molecule has 0 spiro atoms. The number of hydrogen-bond donors (Lipinski definition) is 3. The van der Waals surface area contributed by atoms with E-state index < -0.39 is 49.6 Å². The average Bonchev–Trinajstić information content (AvgIpc) is 3.40. The topological polar surface area (TPSA) is 123 Å². The maximum atomic E-state index is 14.9. The molecule has 0 unspecified atom stereocenters. The van der Waals surface area contributed by atoms with Crippen LogP contribution in [0.2, 0.25) is 0 Å². The molecule has 0 aromatic carbocycles. The number of rotatable bonds is 8. The number of ether oxygens (including phenoxy) is 2. The van der Waals surface area contributed by atoms with Gasteiger partial charge in [-0.05, 0) is 32.8 Å². The molecule has 2 amide bonds. The van der Waals surface area contributed by atoms with Gasteiger partial charge in [0.05, 0.1) is 12.3 Å². The quantitative estimate of drug-likeness (QED) is 0.489. The Bertz CT molecular complexity index is 1010. The standard InChI is InChI=1S/C20H26F4N6O4/c1-10(2)25-19(32)34-15-5-4-12(17(15)21)13-7-16(28-27-13)26-18(31)14-6-11(29-30(14)3)8-33-9-20(22,23)24/h6-7,10,12,15,17H,4-5,8-9H2,1-3H3,(H,25,32)(H2,26,27,28,31)/t12-,15-,17-/m1/s1. The zero-order chi connectivity index (χ0) is 25.0. The molecular formula is C20H26F4N6O4. The Morgan fingerprint density at radius 1 is 1.29 bits per heavy atom. The van der Waals surface area contributed by atoms with Crippen LogP contribution in [-0.2, 0) is 23.1 Å². The first-order valence-corrected chi connectivity index (χ1v) is 10.6. The molecule has 0 bridgehead atoms. The predicted molar refractivity (Wildman–Crippen MR) is 111 cm³/mol. The van der Waals surface area contributed by atoms with E-state index in [9.17, 15) is 27.2 Å². The number of alkyl halides is 4. The van der Waals surface area contributed by atoms with Crippen molar-refractivity contribution >= 4 is 17.8 Å². The molecular weight excluding hydrogens is 464 g/mol. The van der Waals surface area contributed by atoms with Crippen molar-refractivity contribution in [2.75, 3.05) is 11.9 Å². The van der Waals surface area contributed by atoms with Gasteiger partial charge in [0.15, 0.2) is 5.82 Å². The summed E-state index contributed by atoms with van der Waals surface area (Å²) in [5.41, 5.74) is 0.659. The minimum Gasteiger partial charge on any atom is -0.443 e. The van der Waals surface area contributed by atoms with Crippen LogP contribution in [0.3, 0.4) is 0 Å². The van der Waals surface area contributed by atoms with E-state index in [2.05, 4.69) is 30.7 Å². The zero-order valence-electron chi connectivity index (χ0n) is 18.8. The molecule has 1 saturated carbocycles. The summed E-state index contributed by atoms with van der Waals surface area (Å²) >= 11 is 0. The van der Waals surface area contributed by atoms with Gasteiger partial charge in [0.2, 0.25) is 0 Å². The van der Waals surface area contributed by atoms with Gasteiger partial charge in [0.1, 0.15) is 24.6 Å². The third-order valence-electron chi connectivity index (χ3n) is 5.08. The molecule has 3 N–H and O–H groups in total. The third kappa shape index (κ3) is 6.68. The molecule has 0 aliphatic heterocycles. The van der Waals surface area contributed by atoms with Crippen molar-refractivity contribution in [3.05, 3.63) is 29.2 Å².